The van der Waals surface area contributed by atoms with Gasteiger partial charge in [-0.15, -0.1) is 0 Å². The summed E-state index contributed by atoms with van der Waals surface area (Å²) in [6.45, 7) is 1.97. The van der Waals surface area contributed by atoms with Crippen LogP contribution in [0.25, 0.3) is 0 Å². The molecule has 0 amide bonds. The summed E-state index contributed by atoms with van der Waals surface area (Å²) < 4.78 is 24.7. The van der Waals surface area contributed by atoms with Crippen LogP contribution in [0.1, 0.15) is 30.6 Å². The summed E-state index contributed by atoms with van der Waals surface area (Å²) in [5, 5.41) is 9.97. The number of benzene rings is 2. The number of methoxy groups -OCH3 is 1. The highest BCUT2D eigenvalue weighted by atomic mass is 19.1. The number of ether oxygens (including phenoxy) is 2. The van der Waals surface area contributed by atoms with E-state index in [0.717, 1.165) is 0 Å². The number of aliphatic hydroxyl groups excluding tert-OH is 1. The van der Waals surface area contributed by atoms with Gasteiger partial charge in [0, 0.05) is 11.1 Å². The first kappa shape index (κ1) is 15.3. The number of hydrogen-bond acceptors (Lipinski definition) is 3. The summed E-state index contributed by atoms with van der Waals surface area (Å²) in [5.41, 5.74) is 1.12. The molecule has 0 bridgehead atoms. The van der Waals surface area contributed by atoms with Crippen molar-refractivity contribution in [2.75, 3.05) is 7.11 Å². The van der Waals surface area contributed by atoms with Gasteiger partial charge in [-0.3, -0.25) is 0 Å². The molecule has 0 saturated heterocycles. The molecule has 0 fully saturated rings. The van der Waals surface area contributed by atoms with E-state index in [2.05, 4.69) is 0 Å². The van der Waals surface area contributed by atoms with E-state index in [-0.39, 0.29) is 12.4 Å². The van der Waals surface area contributed by atoms with Crippen LogP contribution >= 0.6 is 0 Å². The van der Waals surface area contributed by atoms with Crippen molar-refractivity contribution in [1.29, 1.82) is 0 Å². The van der Waals surface area contributed by atoms with E-state index in [1.807, 2.05) is 25.1 Å². The van der Waals surface area contributed by atoms with Crippen molar-refractivity contribution in [3.8, 4) is 11.5 Å². The monoisotopic (exact) mass is 290 g/mol. The van der Waals surface area contributed by atoms with Gasteiger partial charge in [-0.2, -0.15) is 0 Å². The van der Waals surface area contributed by atoms with E-state index in [1.165, 1.54) is 7.11 Å². The Bertz CT molecular complexity index is 598. The van der Waals surface area contributed by atoms with Crippen molar-refractivity contribution >= 4 is 0 Å². The molecule has 0 heterocycles. The fraction of sp³-hybridized carbons (Fsp3) is 0.294. The molecule has 0 spiro atoms. The summed E-state index contributed by atoms with van der Waals surface area (Å²) in [5.74, 6) is 0.334. The highest BCUT2D eigenvalue weighted by Crippen LogP contribution is 2.28. The zero-order chi connectivity index (χ0) is 15.2. The Morgan fingerprint density at radius 3 is 2.52 bits per heavy atom. The van der Waals surface area contributed by atoms with Crippen molar-refractivity contribution < 1.29 is 19.0 Å². The van der Waals surface area contributed by atoms with E-state index >= 15 is 0 Å². The minimum absolute atomic E-state index is 0.0798. The van der Waals surface area contributed by atoms with Crippen LogP contribution < -0.4 is 9.47 Å². The molecule has 0 aliphatic rings. The van der Waals surface area contributed by atoms with Crippen LogP contribution in [0.15, 0.2) is 42.5 Å². The smallest absolute Gasteiger partial charge is 0.171 e. The van der Waals surface area contributed by atoms with Crippen LogP contribution in [0, 0.1) is 5.82 Å². The average molecular weight is 290 g/mol. The lowest BCUT2D eigenvalue weighted by Gasteiger charge is -2.15. The molecule has 0 unspecified atom stereocenters. The quantitative estimate of drug-likeness (QED) is 0.878. The predicted octanol–water partition coefficient (Wildman–Crippen LogP) is 3.86. The summed E-state index contributed by atoms with van der Waals surface area (Å²) in [6, 6.07) is 12.2. The second-order valence-corrected chi connectivity index (χ2v) is 4.68. The van der Waals surface area contributed by atoms with E-state index in [4.69, 9.17) is 9.47 Å². The number of aliphatic hydroxyl groups is 1. The first-order chi connectivity index (χ1) is 10.2. The zero-order valence-corrected chi connectivity index (χ0v) is 12.2. The van der Waals surface area contributed by atoms with Crippen LogP contribution in [0.3, 0.4) is 0 Å². The molecular weight excluding hydrogens is 271 g/mol. The van der Waals surface area contributed by atoms with Crippen molar-refractivity contribution in [2.24, 2.45) is 0 Å². The molecule has 0 aliphatic heterocycles. The van der Waals surface area contributed by atoms with Gasteiger partial charge in [0.25, 0.3) is 0 Å². The minimum Gasteiger partial charge on any atom is -0.494 e. The molecular formula is C17H19FO3. The van der Waals surface area contributed by atoms with Crippen LogP contribution in [0.4, 0.5) is 4.39 Å². The molecule has 2 aromatic carbocycles. The van der Waals surface area contributed by atoms with Gasteiger partial charge in [0.2, 0.25) is 0 Å². The largest absolute Gasteiger partial charge is 0.494 e. The van der Waals surface area contributed by atoms with E-state index in [1.54, 1.807) is 24.3 Å². The lowest BCUT2D eigenvalue weighted by molar-refractivity contribution is 0.166. The first-order valence-electron chi connectivity index (χ1n) is 6.88. The number of para-hydroxylation sites is 1. The van der Waals surface area contributed by atoms with Crippen LogP contribution in [-0.4, -0.2) is 12.2 Å². The first-order valence-corrected chi connectivity index (χ1v) is 6.88. The van der Waals surface area contributed by atoms with Gasteiger partial charge in [-0.25, -0.2) is 4.39 Å². The van der Waals surface area contributed by atoms with Crippen molar-refractivity contribution in [3.05, 3.63) is 59.4 Å². The molecule has 3 nitrogen and oxygen atoms in total. The fourth-order valence-corrected chi connectivity index (χ4v) is 2.09. The maximum absolute atomic E-state index is 14.0. The molecule has 0 aliphatic carbocycles. The topological polar surface area (TPSA) is 38.7 Å². The van der Waals surface area contributed by atoms with E-state index in [9.17, 15) is 9.50 Å². The van der Waals surface area contributed by atoms with Crippen LogP contribution in [0.2, 0.25) is 0 Å². The van der Waals surface area contributed by atoms with Gasteiger partial charge < -0.3 is 14.6 Å². The minimum atomic E-state index is -0.587. The predicted molar refractivity (Wildman–Crippen MR) is 79.0 cm³/mol. The Morgan fingerprint density at radius 2 is 1.81 bits per heavy atom. The third-order valence-corrected chi connectivity index (χ3v) is 3.31. The van der Waals surface area contributed by atoms with Crippen LogP contribution in [0.5, 0.6) is 11.5 Å². The lowest BCUT2D eigenvalue weighted by Crippen LogP contribution is -2.04. The van der Waals surface area contributed by atoms with Gasteiger partial charge in [0.05, 0.1) is 13.2 Å². The van der Waals surface area contributed by atoms with E-state index in [0.29, 0.717) is 23.3 Å². The van der Waals surface area contributed by atoms with Gasteiger partial charge >= 0.3 is 0 Å². The Morgan fingerprint density at radius 1 is 1.10 bits per heavy atom. The zero-order valence-electron chi connectivity index (χ0n) is 12.2. The summed E-state index contributed by atoms with van der Waals surface area (Å²) in [6.07, 6.45) is 0.00446. The Balaban J connectivity index is 2.17. The van der Waals surface area contributed by atoms with Gasteiger partial charge in [-0.05, 0) is 18.6 Å². The van der Waals surface area contributed by atoms with Gasteiger partial charge in [-0.1, -0.05) is 37.3 Å². The number of hydrogen-bond donors (Lipinski definition) is 1. The second kappa shape index (κ2) is 7.09. The van der Waals surface area contributed by atoms with Crippen molar-refractivity contribution in [2.45, 2.75) is 26.1 Å². The number of rotatable bonds is 6. The fourth-order valence-electron chi connectivity index (χ4n) is 2.09. The SMILES string of the molecule is CC[C@@H](O)c1ccccc1OCc1cccc(OC)c1F. The molecule has 2 rings (SSSR count). The normalized spacial score (nSPS) is 12.0. The Kier molecular flexibility index (Phi) is 5.17. The highest BCUT2D eigenvalue weighted by Gasteiger charge is 2.13. The molecule has 112 valence electrons. The molecule has 0 radical (unpaired) electrons. The maximum atomic E-state index is 14.0. The third-order valence-electron chi connectivity index (χ3n) is 3.31. The average Bonchev–Trinajstić information content (AvgIpc) is 2.53. The standard InChI is InChI=1S/C17H19FO3/c1-3-14(19)13-8-4-5-9-15(13)21-11-12-7-6-10-16(20-2)17(12)18/h4-10,14,19H,3,11H2,1-2H3/t14-/m1/s1. The van der Waals surface area contributed by atoms with Gasteiger partial charge in [0.15, 0.2) is 11.6 Å². The molecule has 1 atom stereocenters. The molecule has 0 aromatic heterocycles. The Hall–Kier alpha value is -2.07. The van der Waals surface area contributed by atoms with Gasteiger partial charge in [0.1, 0.15) is 12.4 Å². The molecule has 4 heteroatoms. The molecule has 1 N–H and O–H groups in total. The van der Waals surface area contributed by atoms with Crippen LogP contribution in [-0.2, 0) is 6.61 Å². The second-order valence-electron chi connectivity index (χ2n) is 4.68. The molecule has 21 heavy (non-hydrogen) atoms. The maximum Gasteiger partial charge on any atom is 0.171 e. The Labute approximate surface area is 124 Å². The molecule has 2 aromatic rings. The number of halogens is 1. The summed E-state index contributed by atoms with van der Waals surface area (Å²) in [4.78, 5) is 0. The molecule has 0 saturated carbocycles. The van der Waals surface area contributed by atoms with Crippen molar-refractivity contribution in [1.82, 2.24) is 0 Å². The highest BCUT2D eigenvalue weighted by molar-refractivity contribution is 5.36. The lowest BCUT2D eigenvalue weighted by atomic mass is 10.1. The summed E-state index contributed by atoms with van der Waals surface area (Å²) in [7, 11) is 1.43. The third kappa shape index (κ3) is 3.52. The summed E-state index contributed by atoms with van der Waals surface area (Å²) >= 11 is 0. The van der Waals surface area contributed by atoms with Crippen molar-refractivity contribution in [3.63, 3.8) is 0 Å². The van der Waals surface area contributed by atoms with E-state index < -0.39 is 11.9 Å².